The molecule has 1 aromatic carbocycles. The summed E-state index contributed by atoms with van der Waals surface area (Å²) in [6.45, 7) is 3.90. The number of aryl methyl sites for hydroxylation is 1. The molecule has 2 rings (SSSR count). The van der Waals surface area contributed by atoms with Crippen molar-refractivity contribution < 1.29 is 1.37 Å². The van der Waals surface area contributed by atoms with Crippen molar-refractivity contribution in [3.05, 3.63) is 48.0 Å². The van der Waals surface area contributed by atoms with Gasteiger partial charge in [0.2, 0.25) is 0 Å². The van der Waals surface area contributed by atoms with Gasteiger partial charge in [0, 0.05) is 11.4 Å². The second-order valence-corrected chi connectivity index (χ2v) is 3.05. The van der Waals surface area contributed by atoms with Crippen LogP contribution in [0.1, 0.15) is 12.8 Å². The summed E-state index contributed by atoms with van der Waals surface area (Å²) in [5.41, 5.74) is 2.94. The standard InChI is InChI=1S/C11H12N2/c1-9-10(2)13(8-12-9)11-6-4-3-5-7-11/h3-8H,1-2H3/i8D. The van der Waals surface area contributed by atoms with E-state index in [1.807, 2.05) is 48.7 Å². The van der Waals surface area contributed by atoms with E-state index in [0.29, 0.717) is 6.30 Å². The van der Waals surface area contributed by atoms with Crippen LogP contribution in [0, 0.1) is 13.8 Å². The molecule has 0 aliphatic carbocycles. The van der Waals surface area contributed by atoms with Gasteiger partial charge in [-0.3, -0.25) is 0 Å². The van der Waals surface area contributed by atoms with Crippen molar-refractivity contribution in [1.82, 2.24) is 9.55 Å². The minimum Gasteiger partial charge on any atom is -0.303 e. The molecule has 0 radical (unpaired) electrons. The van der Waals surface area contributed by atoms with Gasteiger partial charge in [-0.15, -0.1) is 0 Å². The molecule has 0 saturated heterocycles. The lowest BCUT2D eigenvalue weighted by molar-refractivity contribution is 1.00. The van der Waals surface area contributed by atoms with E-state index in [4.69, 9.17) is 1.37 Å². The fourth-order valence-corrected chi connectivity index (χ4v) is 1.27. The Morgan fingerprint density at radius 1 is 1.23 bits per heavy atom. The highest BCUT2D eigenvalue weighted by Gasteiger charge is 2.02. The van der Waals surface area contributed by atoms with E-state index in [1.165, 1.54) is 0 Å². The van der Waals surface area contributed by atoms with Crippen LogP contribution in [0.2, 0.25) is 0 Å². The molecule has 66 valence electrons. The number of aromatic nitrogens is 2. The maximum absolute atomic E-state index is 7.72. The van der Waals surface area contributed by atoms with Gasteiger partial charge in [0.1, 0.15) is 1.37 Å². The fraction of sp³-hybridized carbons (Fsp3) is 0.182. The third-order valence-corrected chi connectivity index (χ3v) is 2.19. The normalized spacial score (nSPS) is 11.4. The lowest BCUT2D eigenvalue weighted by Gasteiger charge is -2.03. The van der Waals surface area contributed by atoms with Gasteiger partial charge in [-0.1, -0.05) is 18.2 Å². The molecule has 0 amide bonds. The van der Waals surface area contributed by atoms with Crippen LogP contribution in [0.25, 0.3) is 5.69 Å². The molecule has 0 aliphatic rings. The highest BCUT2D eigenvalue weighted by molar-refractivity contribution is 5.34. The highest BCUT2D eigenvalue weighted by Crippen LogP contribution is 2.12. The fourth-order valence-electron chi connectivity index (χ4n) is 1.27. The van der Waals surface area contributed by atoms with E-state index in [-0.39, 0.29) is 0 Å². The number of benzene rings is 1. The van der Waals surface area contributed by atoms with Gasteiger partial charge in [-0.05, 0) is 26.0 Å². The van der Waals surface area contributed by atoms with Crippen molar-refractivity contribution in [3.63, 3.8) is 0 Å². The molecule has 1 aromatic heterocycles. The first-order valence-corrected chi connectivity index (χ1v) is 4.28. The first kappa shape index (κ1) is 6.89. The molecule has 2 heteroatoms. The van der Waals surface area contributed by atoms with Gasteiger partial charge in [0.25, 0.3) is 0 Å². The maximum Gasteiger partial charge on any atom is 0.105 e. The number of hydrogen-bond donors (Lipinski definition) is 0. The largest absolute Gasteiger partial charge is 0.303 e. The minimum absolute atomic E-state index is 0.297. The van der Waals surface area contributed by atoms with Crippen LogP contribution in [0.5, 0.6) is 0 Å². The molecule has 13 heavy (non-hydrogen) atoms. The average Bonchev–Trinajstić information content (AvgIpc) is 2.43. The molecule has 1 heterocycles. The SMILES string of the molecule is [2H]c1nc(C)c(C)n1-c1ccccc1. The summed E-state index contributed by atoms with van der Waals surface area (Å²) < 4.78 is 9.56. The summed E-state index contributed by atoms with van der Waals surface area (Å²) >= 11 is 0. The zero-order chi connectivity index (χ0) is 10.1. The zero-order valence-corrected chi connectivity index (χ0v) is 7.78. The molecule has 0 fully saturated rings. The van der Waals surface area contributed by atoms with E-state index in [2.05, 4.69) is 4.98 Å². The first-order valence-electron chi connectivity index (χ1n) is 4.78. The number of nitrogens with zero attached hydrogens (tertiary/aromatic N) is 2. The third-order valence-electron chi connectivity index (χ3n) is 2.19. The number of rotatable bonds is 1. The summed E-state index contributed by atoms with van der Waals surface area (Å²) in [6.07, 6.45) is 0.297. The van der Waals surface area contributed by atoms with Crippen LogP contribution in [0.3, 0.4) is 0 Å². The topological polar surface area (TPSA) is 17.8 Å². The van der Waals surface area contributed by atoms with Crippen molar-refractivity contribution in [3.8, 4) is 5.69 Å². The van der Waals surface area contributed by atoms with Crippen LogP contribution in [0.15, 0.2) is 36.6 Å². The Balaban J connectivity index is 2.62. The number of hydrogen-bond acceptors (Lipinski definition) is 1. The molecule has 2 nitrogen and oxygen atoms in total. The lowest BCUT2D eigenvalue weighted by Crippen LogP contribution is -1.94. The van der Waals surface area contributed by atoms with Crippen LogP contribution in [-0.4, -0.2) is 9.55 Å². The predicted molar refractivity (Wildman–Crippen MR) is 53.0 cm³/mol. The zero-order valence-electron chi connectivity index (χ0n) is 8.78. The van der Waals surface area contributed by atoms with E-state index >= 15 is 0 Å². The Kier molecular flexibility index (Phi) is 1.62. The molecular weight excluding hydrogens is 160 g/mol. The van der Waals surface area contributed by atoms with Gasteiger partial charge in [-0.2, -0.15) is 0 Å². The predicted octanol–water partition coefficient (Wildman–Crippen LogP) is 2.49. The summed E-state index contributed by atoms with van der Waals surface area (Å²) in [5.74, 6) is 0. The van der Waals surface area contributed by atoms with Crippen molar-refractivity contribution in [2.45, 2.75) is 13.8 Å². The van der Waals surface area contributed by atoms with E-state index < -0.39 is 0 Å². The summed E-state index contributed by atoms with van der Waals surface area (Å²) in [6, 6.07) is 9.84. The Morgan fingerprint density at radius 3 is 2.46 bits per heavy atom. The minimum atomic E-state index is 0.297. The molecule has 2 aromatic rings. The van der Waals surface area contributed by atoms with Gasteiger partial charge in [0.15, 0.2) is 0 Å². The van der Waals surface area contributed by atoms with Gasteiger partial charge in [-0.25, -0.2) is 4.98 Å². The van der Waals surface area contributed by atoms with Gasteiger partial charge in [0.05, 0.1) is 12.0 Å². The smallest absolute Gasteiger partial charge is 0.105 e. The van der Waals surface area contributed by atoms with Crippen molar-refractivity contribution in [2.24, 2.45) is 0 Å². The van der Waals surface area contributed by atoms with Gasteiger partial charge >= 0.3 is 0 Å². The average molecular weight is 173 g/mol. The lowest BCUT2D eigenvalue weighted by atomic mass is 10.3. The Bertz CT molecular complexity index is 446. The monoisotopic (exact) mass is 173 g/mol. The second-order valence-electron chi connectivity index (χ2n) is 3.05. The molecule has 0 aliphatic heterocycles. The van der Waals surface area contributed by atoms with Crippen molar-refractivity contribution in [1.29, 1.82) is 0 Å². The molecule has 0 spiro atoms. The maximum atomic E-state index is 7.72. The van der Waals surface area contributed by atoms with E-state index in [1.54, 1.807) is 0 Å². The molecule has 0 unspecified atom stereocenters. The van der Waals surface area contributed by atoms with Gasteiger partial charge < -0.3 is 4.57 Å². The Labute approximate surface area is 79.3 Å². The third kappa shape index (κ3) is 1.35. The highest BCUT2D eigenvalue weighted by atomic mass is 15.1. The van der Waals surface area contributed by atoms with Crippen molar-refractivity contribution in [2.75, 3.05) is 0 Å². The van der Waals surface area contributed by atoms with Crippen LogP contribution >= 0.6 is 0 Å². The number of para-hydroxylation sites is 1. The summed E-state index contributed by atoms with van der Waals surface area (Å²) in [5, 5.41) is 0. The molecule has 0 bridgehead atoms. The first-order chi connectivity index (χ1) is 6.70. The molecule has 0 atom stereocenters. The number of imidazole rings is 1. The molecular formula is C11H12N2. The summed E-state index contributed by atoms with van der Waals surface area (Å²) in [7, 11) is 0. The molecule has 0 saturated carbocycles. The Morgan fingerprint density at radius 2 is 1.92 bits per heavy atom. The van der Waals surface area contributed by atoms with E-state index in [9.17, 15) is 0 Å². The van der Waals surface area contributed by atoms with E-state index in [0.717, 1.165) is 17.1 Å². The van der Waals surface area contributed by atoms with Crippen LogP contribution in [0.4, 0.5) is 0 Å². The van der Waals surface area contributed by atoms with Crippen LogP contribution in [-0.2, 0) is 0 Å². The Hall–Kier alpha value is -1.57. The molecule has 0 N–H and O–H groups in total. The quantitative estimate of drug-likeness (QED) is 0.647. The second kappa shape index (κ2) is 3.05. The van der Waals surface area contributed by atoms with Crippen molar-refractivity contribution >= 4 is 0 Å². The summed E-state index contributed by atoms with van der Waals surface area (Å²) in [4.78, 5) is 4.12. The van der Waals surface area contributed by atoms with Crippen LogP contribution < -0.4 is 0 Å².